The highest BCUT2D eigenvalue weighted by molar-refractivity contribution is 5.96. The Morgan fingerprint density at radius 1 is 1.04 bits per heavy atom. The molecule has 2 aliphatic rings. The zero-order chi connectivity index (χ0) is 16.4. The molecule has 0 saturated carbocycles. The van der Waals surface area contributed by atoms with Gasteiger partial charge in [-0.05, 0) is 24.1 Å². The molecule has 0 aliphatic carbocycles. The average molecular weight is 324 g/mol. The molecule has 3 heterocycles. The molecule has 2 N–H and O–H groups in total. The number of rotatable bonds is 3. The van der Waals surface area contributed by atoms with E-state index in [1.54, 1.807) is 0 Å². The number of benzene rings is 1. The van der Waals surface area contributed by atoms with E-state index < -0.39 is 0 Å². The molecule has 1 saturated heterocycles. The minimum Gasteiger partial charge on any atom is -0.321 e. The lowest BCUT2D eigenvalue weighted by molar-refractivity contribution is -0.892. The van der Waals surface area contributed by atoms with Gasteiger partial charge >= 0.3 is 0 Å². The average Bonchev–Trinajstić information content (AvgIpc) is 3.07. The summed E-state index contributed by atoms with van der Waals surface area (Å²) in [6.07, 6.45) is 2.94. The largest absolute Gasteiger partial charge is 0.321 e. The molecule has 0 atom stereocenters. The molecule has 2 aromatic rings. The fourth-order valence-electron chi connectivity index (χ4n) is 3.73. The molecule has 1 amide bonds. The second-order valence-corrected chi connectivity index (χ2v) is 6.59. The van der Waals surface area contributed by atoms with Gasteiger partial charge in [-0.25, -0.2) is 4.98 Å². The van der Waals surface area contributed by atoms with Crippen LogP contribution in [0.5, 0.6) is 0 Å². The van der Waals surface area contributed by atoms with Crippen LogP contribution in [-0.2, 0) is 11.2 Å². The molecule has 4 rings (SSSR count). The summed E-state index contributed by atoms with van der Waals surface area (Å²) in [4.78, 5) is 21.7. The van der Waals surface area contributed by atoms with Gasteiger partial charge < -0.3 is 9.80 Å². The number of piperazine rings is 1. The van der Waals surface area contributed by atoms with Gasteiger partial charge in [0, 0.05) is 18.3 Å². The van der Waals surface area contributed by atoms with E-state index in [1.807, 2.05) is 23.2 Å². The van der Waals surface area contributed by atoms with E-state index >= 15 is 0 Å². The Balaban J connectivity index is 1.34. The fourth-order valence-corrected chi connectivity index (χ4v) is 3.73. The zero-order valence-electron chi connectivity index (χ0n) is 13.9. The third kappa shape index (κ3) is 2.99. The molecule has 1 aromatic carbocycles. The first kappa shape index (κ1) is 15.1. The van der Waals surface area contributed by atoms with Gasteiger partial charge in [-0.15, -0.1) is 0 Å². The summed E-state index contributed by atoms with van der Waals surface area (Å²) in [5.74, 6) is 1.42. The van der Waals surface area contributed by atoms with Gasteiger partial charge in [0.1, 0.15) is 26.2 Å². The smallest absolute Gasteiger partial charge is 0.282 e. The van der Waals surface area contributed by atoms with Gasteiger partial charge in [0.15, 0.2) is 6.54 Å². The van der Waals surface area contributed by atoms with Crippen molar-refractivity contribution in [3.05, 3.63) is 54.2 Å². The van der Waals surface area contributed by atoms with Crippen molar-refractivity contribution in [2.45, 2.75) is 6.42 Å². The summed E-state index contributed by atoms with van der Waals surface area (Å²) in [6, 6.07) is 14.4. The molecular weight excluding hydrogens is 300 g/mol. The Morgan fingerprint density at radius 2 is 1.83 bits per heavy atom. The number of H-pyrrole nitrogens is 1. The molecule has 0 unspecified atom stereocenters. The minimum absolute atomic E-state index is 0.259. The van der Waals surface area contributed by atoms with Crippen molar-refractivity contribution in [3.63, 3.8) is 0 Å². The fraction of sp³-hybridized carbons (Fsp3) is 0.368. The highest BCUT2D eigenvalue weighted by Gasteiger charge is 2.31. The van der Waals surface area contributed by atoms with Gasteiger partial charge in [0.2, 0.25) is 0 Å². The van der Waals surface area contributed by atoms with Crippen molar-refractivity contribution < 1.29 is 14.7 Å². The number of quaternary nitrogens is 1. The summed E-state index contributed by atoms with van der Waals surface area (Å²) < 4.78 is 0. The number of nitrogens with zero attached hydrogens (tertiary/aromatic N) is 2. The molecule has 5 heteroatoms. The first-order valence-corrected chi connectivity index (χ1v) is 8.75. The predicted octanol–water partition coefficient (Wildman–Crippen LogP) is -0.205. The maximum absolute atomic E-state index is 12.7. The van der Waals surface area contributed by atoms with E-state index in [0.29, 0.717) is 6.54 Å². The lowest BCUT2D eigenvalue weighted by atomic mass is 10.2. The molecule has 2 aliphatic heterocycles. The van der Waals surface area contributed by atoms with Crippen LogP contribution in [0.2, 0.25) is 0 Å². The van der Waals surface area contributed by atoms with E-state index in [9.17, 15) is 4.79 Å². The van der Waals surface area contributed by atoms with Crippen LogP contribution in [0.4, 0.5) is 11.5 Å². The van der Waals surface area contributed by atoms with Gasteiger partial charge in [-0.1, -0.05) is 24.3 Å². The Hall–Kier alpha value is -2.40. The van der Waals surface area contributed by atoms with Crippen LogP contribution in [-0.4, -0.2) is 45.2 Å². The molecule has 1 fully saturated rings. The lowest BCUT2D eigenvalue weighted by Gasteiger charge is -2.29. The summed E-state index contributed by atoms with van der Waals surface area (Å²) in [6.45, 7) is 5.41. The first-order valence-electron chi connectivity index (χ1n) is 8.75. The third-order valence-corrected chi connectivity index (χ3v) is 5.09. The van der Waals surface area contributed by atoms with Gasteiger partial charge in [-0.3, -0.25) is 9.69 Å². The Kier molecular flexibility index (Phi) is 4.17. The van der Waals surface area contributed by atoms with Crippen LogP contribution in [0.1, 0.15) is 5.56 Å². The normalized spacial score (nSPS) is 17.8. The number of carbonyl (C=O) groups excluding carboxylic acids is 1. The molecule has 24 heavy (non-hydrogen) atoms. The number of para-hydroxylation sites is 1. The number of fused-ring (bicyclic) bond motifs is 1. The molecular formula is C19H24N4O+2. The third-order valence-electron chi connectivity index (χ3n) is 5.09. The van der Waals surface area contributed by atoms with E-state index in [1.165, 1.54) is 10.5 Å². The van der Waals surface area contributed by atoms with Crippen molar-refractivity contribution in [2.24, 2.45) is 0 Å². The second-order valence-electron chi connectivity index (χ2n) is 6.59. The number of nitrogens with one attached hydrogen (secondary N) is 2. The number of amides is 1. The standard InChI is InChI=1S/C19H22N4O/c24-19(23-10-8-16-5-1-2-6-17(16)23)15-21-11-13-22(14-12-21)18-7-3-4-9-20-18/h1-7,9H,8,10-15H2/p+2. The van der Waals surface area contributed by atoms with Gasteiger partial charge in [0.25, 0.3) is 11.7 Å². The molecule has 5 nitrogen and oxygen atoms in total. The van der Waals surface area contributed by atoms with E-state index in [0.717, 1.165) is 50.6 Å². The van der Waals surface area contributed by atoms with Gasteiger partial charge in [-0.2, -0.15) is 0 Å². The highest BCUT2D eigenvalue weighted by Crippen LogP contribution is 2.27. The summed E-state index contributed by atoms with van der Waals surface area (Å²) in [5, 5.41) is 0. The van der Waals surface area contributed by atoms with Crippen LogP contribution in [0.15, 0.2) is 48.7 Å². The quantitative estimate of drug-likeness (QED) is 0.849. The van der Waals surface area contributed by atoms with Gasteiger partial charge in [0.05, 0.1) is 6.20 Å². The maximum atomic E-state index is 12.7. The number of anilines is 2. The van der Waals surface area contributed by atoms with Crippen LogP contribution < -0.4 is 19.7 Å². The number of hydrogen-bond donors (Lipinski definition) is 1. The predicted molar refractivity (Wildman–Crippen MR) is 93.3 cm³/mol. The highest BCUT2D eigenvalue weighted by atomic mass is 16.2. The Morgan fingerprint density at radius 3 is 2.62 bits per heavy atom. The minimum atomic E-state index is 0.259. The second kappa shape index (κ2) is 6.61. The Labute approximate surface area is 142 Å². The van der Waals surface area contributed by atoms with Crippen LogP contribution in [0.25, 0.3) is 0 Å². The Bertz CT molecular complexity index is 710. The van der Waals surface area contributed by atoms with Crippen molar-refractivity contribution in [2.75, 3.05) is 49.1 Å². The van der Waals surface area contributed by atoms with Crippen LogP contribution >= 0.6 is 0 Å². The zero-order valence-corrected chi connectivity index (χ0v) is 13.9. The molecule has 0 radical (unpaired) electrons. The number of carbonyl (C=O) groups is 1. The van der Waals surface area contributed by atoms with Crippen molar-refractivity contribution in [1.29, 1.82) is 0 Å². The van der Waals surface area contributed by atoms with Crippen LogP contribution in [0.3, 0.4) is 0 Å². The molecule has 0 bridgehead atoms. The summed E-state index contributed by atoms with van der Waals surface area (Å²) in [5.41, 5.74) is 2.41. The molecule has 0 spiro atoms. The van der Waals surface area contributed by atoms with E-state index in [2.05, 4.69) is 40.2 Å². The van der Waals surface area contributed by atoms with Crippen molar-refractivity contribution in [1.82, 2.24) is 0 Å². The van der Waals surface area contributed by atoms with E-state index in [4.69, 9.17) is 0 Å². The number of aromatic amines is 1. The van der Waals surface area contributed by atoms with Crippen LogP contribution in [0, 0.1) is 0 Å². The molecule has 1 aromatic heterocycles. The monoisotopic (exact) mass is 324 g/mol. The maximum Gasteiger partial charge on any atom is 0.282 e. The van der Waals surface area contributed by atoms with Crippen molar-refractivity contribution >= 4 is 17.4 Å². The SMILES string of the molecule is O=C(C[NH+]1CCN(c2cccc[nH+]2)CC1)N1CCc2ccccc21. The first-order chi connectivity index (χ1) is 11.8. The lowest BCUT2D eigenvalue weighted by Crippen LogP contribution is -3.16. The van der Waals surface area contributed by atoms with E-state index in [-0.39, 0.29) is 5.91 Å². The van der Waals surface area contributed by atoms with Crippen molar-refractivity contribution in [3.8, 4) is 0 Å². The summed E-state index contributed by atoms with van der Waals surface area (Å²) in [7, 11) is 0. The number of pyridine rings is 1. The summed E-state index contributed by atoms with van der Waals surface area (Å²) >= 11 is 0. The number of hydrogen-bond acceptors (Lipinski definition) is 2. The molecule has 124 valence electrons. The topological polar surface area (TPSA) is 42.1 Å². The number of aromatic nitrogens is 1.